The number of carbonyl (C=O) groups is 1. The zero-order valence-electron chi connectivity index (χ0n) is 12.9. The molecule has 4 N–H and O–H groups in total. The van der Waals surface area contributed by atoms with Crippen LogP contribution in [0.2, 0.25) is 5.02 Å². The number of anilines is 1. The van der Waals surface area contributed by atoms with E-state index >= 15 is 0 Å². The molecular weight excluding hydrogens is 389 g/mol. The fourth-order valence-corrected chi connectivity index (χ4v) is 2.90. The second kappa shape index (κ2) is 7.87. The van der Waals surface area contributed by atoms with E-state index in [0.29, 0.717) is 0 Å². The molecule has 0 aliphatic rings. The summed E-state index contributed by atoms with van der Waals surface area (Å²) in [4.78, 5) is 11.3. The Hall–Kier alpha value is -1.40. The molecule has 12 heteroatoms. The Kier molecular flexibility index (Phi) is 6.81. The predicted molar refractivity (Wildman–Crippen MR) is 83.7 cm³/mol. The van der Waals surface area contributed by atoms with Crippen LogP contribution < -0.4 is 10.0 Å². The third-order valence-corrected chi connectivity index (χ3v) is 4.89. The van der Waals surface area contributed by atoms with Crippen LogP contribution in [-0.4, -0.2) is 49.5 Å². The van der Waals surface area contributed by atoms with Crippen LogP contribution in [-0.2, 0) is 14.8 Å². The summed E-state index contributed by atoms with van der Waals surface area (Å²) in [6.07, 6.45) is -5.02. The van der Waals surface area contributed by atoms with Gasteiger partial charge in [0, 0.05) is 13.2 Å². The van der Waals surface area contributed by atoms with Crippen molar-refractivity contribution >= 4 is 33.2 Å². The van der Waals surface area contributed by atoms with Crippen LogP contribution >= 0.6 is 11.6 Å². The number of carbonyl (C=O) groups excluding carboxylic acids is 1. The molecule has 25 heavy (non-hydrogen) atoms. The third kappa shape index (κ3) is 5.28. The number of halogens is 4. The number of alkyl halides is 3. The summed E-state index contributed by atoms with van der Waals surface area (Å²) in [6.45, 7) is 0.0386. The molecule has 1 rings (SSSR count). The molecule has 142 valence electrons. The van der Waals surface area contributed by atoms with Crippen LogP contribution in [0.1, 0.15) is 13.3 Å². The lowest BCUT2D eigenvalue weighted by molar-refractivity contribution is -0.242. The van der Waals surface area contributed by atoms with E-state index in [-0.39, 0.29) is 42.1 Å². The SMILES string of the molecule is C[C@@](O)(C(=O)Nc1ccc(S(=O)(=O)NCCCO)cc1Cl)C(F)(F)F. The first-order valence-corrected chi connectivity index (χ1v) is 8.69. The zero-order chi connectivity index (χ0) is 19.5. The van der Waals surface area contributed by atoms with E-state index in [1.165, 1.54) is 0 Å². The molecule has 0 aliphatic carbocycles. The Morgan fingerprint density at radius 2 is 1.92 bits per heavy atom. The molecule has 0 saturated carbocycles. The minimum absolute atomic E-state index is 0.0244. The van der Waals surface area contributed by atoms with Gasteiger partial charge in [0.25, 0.3) is 5.91 Å². The van der Waals surface area contributed by atoms with Gasteiger partial charge in [0.05, 0.1) is 15.6 Å². The molecule has 1 aromatic carbocycles. The maximum atomic E-state index is 12.6. The van der Waals surface area contributed by atoms with Gasteiger partial charge < -0.3 is 15.5 Å². The molecule has 1 atom stereocenters. The van der Waals surface area contributed by atoms with Crippen LogP contribution in [0.15, 0.2) is 23.1 Å². The van der Waals surface area contributed by atoms with Crippen LogP contribution in [0, 0.1) is 0 Å². The molecule has 0 aromatic heterocycles. The van der Waals surface area contributed by atoms with E-state index in [0.717, 1.165) is 18.2 Å². The molecule has 0 unspecified atom stereocenters. The van der Waals surface area contributed by atoms with E-state index in [4.69, 9.17) is 16.7 Å². The van der Waals surface area contributed by atoms with Crippen molar-refractivity contribution in [1.82, 2.24) is 4.72 Å². The topological polar surface area (TPSA) is 116 Å². The molecule has 0 aliphatic heterocycles. The maximum Gasteiger partial charge on any atom is 0.426 e. The van der Waals surface area contributed by atoms with Crippen molar-refractivity contribution in [3.05, 3.63) is 23.2 Å². The lowest BCUT2D eigenvalue weighted by Gasteiger charge is -2.25. The molecule has 0 heterocycles. The average molecular weight is 405 g/mol. The van der Waals surface area contributed by atoms with E-state index in [9.17, 15) is 31.5 Å². The normalized spacial score (nSPS) is 14.8. The molecule has 0 fully saturated rings. The second-order valence-electron chi connectivity index (χ2n) is 5.14. The van der Waals surface area contributed by atoms with Crippen LogP contribution in [0.25, 0.3) is 0 Å². The molecule has 0 spiro atoms. The van der Waals surface area contributed by atoms with Crippen molar-refractivity contribution in [1.29, 1.82) is 0 Å². The second-order valence-corrected chi connectivity index (χ2v) is 7.31. The Labute approximate surface area is 146 Å². The fourth-order valence-electron chi connectivity index (χ4n) is 1.51. The minimum Gasteiger partial charge on any atom is -0.396 e. The van der Waals surface area contributed by atoms with E-state index < -0.39 is 27.7 Å². The molecule has 0 saturated heterocycles. The zero-order valence-corrected chi connectivity index (χ0v) is 14.5. The minimum atomic E-state index is -5.20. The molecule has 0 bridgehead atoms. The molecule has 1 amide bonds. The van der Waals surface area contributed by atoms with Crippen molar-refractivity contribution in [2.45, 2.75) is 30.0 Å². The number of benzene rings is 1. The molecule has 0 radical (unpaired) electrons. The number of nitrogens with one attached hydrogen (secondary N) is 2. The Morgan fingerprint density at radius 3 is 2.40 bits per heavy atom. The highest BCUT2D eigenvalue weighted by molar-refractivity contribution is 7.89. The van der Waals surface area contributed by atoms with Gasteiger partial charge in [0.2, 0.25) is 15.6 Å². The first-order valence-electron chi connectivity index (χ1n) is 6.83. The van der Waals surface area contributed by atoms with Crippen LogP contribution in [0.4, 0.5) is 18.9 Å². The smallest absolute Gasteiger partial charge is 0.396 e. The largest absolute Gasteiger partial charge is 0.426 e. The first-order chi connectivity index (χ1) is 11.3. The summed E-state index contributed by atoms with van der Waals surface area (Å²) < 4.78 is 63.9. The number of hydrogen-bond acceptors (Lipinski definition) is 5. The number of aliphatic hydroxyl groups excluding tert-OH is 1. The first kappa shape index (κ1) is 21.6. The van der Waals surface area contributed by atoms with Crippen molar-refractivity contribution < 1.29 is 36.6 Å². The predicted octanol–water partition coefficient (Wildman–Crippen LogP) is 1.25. The van der Waals surface area contributed by atoms with Crippen LogP contribution in [0.5, 0.6) is 0 Å². The number of amides is 1. The highest BCUT2D eigenvalue weighted by atomic mass is 35.5. The number of sulfonamides is 1. The molecule has 1 aromatic rings. The van der Waals surface area contributed by atoms with Gasteiger partial charge in [-0.3, -0.25) is 4.79 Å². The monoisotopic (exact) mass is 404 g/mol. The quantitative estimate of drug-likeness (QED) is 0.510. The van der Waals surface area contributed by atoms with Crippen LogP contribution in [0.3, 0.4) is 0 Å². The standard InChI is InChI=1S/C13H16ClF3N2O5S/c1-12(22,13(15,16)17)11(21)19-10-4-3-8(7-9(10)14)25(23,24)18-5-2-6-20/h3-4,7,18,20,22H,2,5-6H2,1H3,(H,19,21)/t12-/m1/s1. The van der Waals surface area contributed by atoms with Crippen molar-refractivity contribution in [2.24, 2.45) is 0 Å². The Bertz CT molecular complexity index is 738. The van der Waals surface area contributed by atoms with Gasteiger partial charge in [-0.2, -0.15) is 13.2 Å². The van der Waals surface area contributed by atoms with Gasteiger partial charge in [-0.15, -0.1) is 0 Å². The summed E-state index contributed by atoms with van der Waals surface area (Å²) >= 11 is 5.80. The maximum absolute atomic E-state index is 12.6. The summed E-state index contributed by atoms with van der Waals surface area (Å²) in [5, 5.41) is 19.4. The highest BCUT2D eigenvalue weighted by Gasteiger charge is 2.55. The van der Waals surface area contributed by atoms with Gasteiger partial charge in [-0.05, 0) is 31.5 Å². The summed E-state index contributed by atoms with van der Waals surface area (Å²) in [6, 6.07) is 2.94. The number of rotatable bonds is 7. The molecular formula is C13H16ClF3N2O5S. The number of aliphatic hydroxyl groups is 2. The Balaban J connectivity index is 2.99. The summed E-state index contributed by atoms with van der Waals surface area (Å²) in [7, 11) is -3.94. The lowest BCUT2D eigenvalue weighted by Crippen LogP contribution is -2.52. The van der Waals surface area contributed by atoms with Crippen molar-refractivity contribution in [2.75, 3.05) is 18.5 Å². The summed E-state index contributed by atoms with van der Waals surface area (Å²) in [5.41, 5.74) is -3.95. The van der Waals surface area contributed by atoms with E-state index in [2.05, 4.69) is 4.72 Å². The van der Waals surface area contributed by atoms with Crippen molar-refractivity contribution in [3.63, 3.8) is 0 Å². The van der Waals surface area contributed by atoms with E-state index in [1.807, 2.05) is 0 Å². The van der Waals surface area contributed by atoms with E-state index in [1.54, 1.807) is 5.32 Å². The summed E-state index contributed by atoms with van der Waals surface area (Å²) in [5.74, 6) is -1.77. The highest BCUT2D eigenvalue weighted by Crippen LogP contribution is 2.32. The Morgan fingerprint density at radius 1 is 1.32 bits per heavy atom. The van der Waals surface area contributed by atoms with Gasteiger partial charge in [0.1, 0.15) is 0 Å². The molecule has 7 nitrogen and oxygen atoms in total. The third-order valence-electron chi connectivity index (χ3n) is 3.12. The van der Waals surface area contributed by atoms with Gasteiger partial charge in [0.15, 0.2) is 0 Å². The number of hydrogen-bond donors (Lipinski definition) is 4. The lowest BCUT2D eigenvalue weighted by atomic mass is 10.1. The van der Waals surface area contributed by atoms with Gasteiger partial charge >= 0.3 is 6.18 Å². The fraction of sp³-hybridized carbons (Fsp3) is 0.462. The van der Waals surface area contributed by atoms with Crippen molar-refractivity contribution in [3.8, 4) is 0 Å². The average Bonchev–Trinajstić information content (AvgIpc) is 2.48. The van der Waals surface area contributed by atoms with Gasteiger partial charge in [-0.25, -0.2) is 13.1 Å². The van der Waals surface area contributed by atoms with Gasteiger partial charge in [-0.1, -0.05) is 11.6 Å².